The summed E-state index contributed by atoms with van der Waals surface area (Å²) >= 11 is 0. The Bertz CT molecular complexity index is 715. The standard InChI is InChI=1S/C17H22N4O3/c1-4-15-19-20-16(24-15)12(3)18-11(2)13-6-5-7-14(10-13)21-8-9-23-17(21)22/h5-7,10-12,18H,4,8-9H2,1-3H3/t11-,12-/m1/s1. The smallest absolute Gasteiger partial charge is 0.414 e. The van der Waals surface area contributed by atoms with Crippen LogP contribution in [0.4, 0.5) is 10.5 Å². The molecule has 0 bridgehead atoms. The molecule has 1 N–H and O–H groups in total. The van der Waals surface area contributed by atoms with Crippen molar-refractivity contribution in [2.75, 3.05) is 18.1 Å². The van der Waals surface area contributed by atoms with E-state index in [4.69, 9.17) is 9.15 Å². The van der Waals surface area contributed by atoms with Crippen LogP contribution in [-0.2, 0) is 11.2 Å². The molecule has 1 amide bonds. The van der Waals surface area contributed by atoms with Crippen molar-refractivity contribution < 1.29 is 13.9 Å². The fourth-order valence-electron chi connectivity index (χ4n) is 2.72. The Hall–Kier alpha value is -2.41. The van der Waals surface area contributed by atoms with Crippen LogP contribution in [0, 0.1) is 0 Å². The molecule has 0 spiro atoms. The molecule has 0 saturated carbocycles. The van der Waals surface area contributed by atoms with Gasteiger partial charge in [-0.05, 0) is 31.5 Å². The third kappa shape index (κ3) is 3.41. The fourth-order valence-corrected chi connectivity index (χ4v) is 2.72. The summed E-state index contributed by atoms with van der Waals surface area (Å²) < 4.78 is 10.6. The molecule has 24 heavy (non-hydrogen) atoms. The Kier molecular flexibility index (Phi) is 4.80. The number of aromatic nitrogens is 2. The number of hydrogen-bond donors (Lipinski definition) is 1. The maximum Gasteiger partial charge on any atom is 0.414 e. The number of rotatable bonds is 6. The van der Waals surface area contributed by atoms with Gasteiger partial charge in [0, 0.05) is 18.2 Å². The summed E-state index contributed by atoms with van der Waals surface area (Å²) in [4.78, 5) is 13.4. The second-order valence-electron chi connectivity index (χ2n) is 5.86. The molecule has 2 heterocycles. The Labute approximate surface area is 141 Å². The highest BCUT2D eigenvalue weighted by Gasteiger charge is 2.24. The van der Waals surface area contributed by atoms with Crippen molar-refractivity contribution in [2.45, 2.75) is 39.3 Å². The lowest BCUT2D eigenvalue weighted by Crippen LogP contribution is -2.25. The molecule has 2 atom stereocenters. The van der Waals surface area contributed by atoms with Crippen LogP contribution in [0.15, 0.2) is 28.7 Å². The number of aryl methyl sites for hydroxylation is 1. The molecule has 128 valence electrons. The largest absolute Gasteiger partial charge is 0.447 e. The minimum Gasteiger partial charge on any atom is -0.447 e. The van der Waals surface area contributed by atoms with Crippen LogP contribution < -0.4 is 10.2 Å². The van der Waals surface area contributed by atoms with E-state index in [1.54, 1.807) is 4.90 Å². The predicted octanol–water partition coefficient (Wildman–Crippen LogP) is 3.00. The zero-order chi connectivity index (χ0) is 17.1. The Balaban J connectivity index is 1.70. The quantitative estimate of drug-likeness (QED) is 0.877. The number of anilines is 1. The van der Waals surface area contributed by atoms with Crippen LogP contribution in [0.3, 0.4) is 0 Å². The van der Waals surface area contributed by atoms with Crippen LogP contribution in [0.2, 0.25) is 0 Å². The molecule has 0 radical (unpaired) electrons. The molecule has 1 saturated heterocycles. The monoisotopic (exact) mass is 330 g/mol. The molecule has 0 unspecified atom stereocenters. The molecule has 1 aliphatic heterocycles. The number of nitrogens with one attached hydrogen (secondary N) is 1. The maximum absolute atomic E-state index is 11.7. The number of benzene rings is 1. The third-order valence-corrected chi connectivity index (χ3v) is 4.10. The topological polar surface area (TPSA) is 80.5 Å². The van der Waals surface area contributed by atoms with Gasteiger partial charge in [-0.15, -0.1) is 10.2 Å². The number of nitrogens with zero attached hydrogens (tertiary/aromatic N) is 3. The van der Waals surface area contributed by atoms with Crippen molar-refractivity contribution in [2.24, 2.45) is 0 Å². The average Bonchev–Trinajstić information content (AvgIpc) is 3.23. The summed E-state index contributed by atoms with van der Waals surface area (Å²) in [6.07, 6.45) is 0.433. The van der Waals surface area contributed by atoms with Gasteiger partial charge in [-0.3, -0.25) is 10.2 Å². The first-order valence-corrected chi connectivity index (χ1v) is 8.21. The lowest BCUT2D eigenvalue weighted by atomic mass is 10.1. The summed E-state index contributed by atoms with van der Waals surface area (Å²) in [5.74, 6) is 1.22. The maximum atomic E-state index is 11.7. The fraction of sp³-hybridized carbons (Fsp3) is 0.471. The lowest BCUT2D eigenvalue weighted by Gasteiger charge is -2.20. The summed E-state index contributed by atoms with van der Waals surface area (Å²) in [6, 6.07) is 7.89. The number of cyclic esters (lactones) is 1. The SMILES string of the molecule is CCc1nnc([C@@H](C)N[C@H](C)c2cccc(N3CCOC3=O)c2)o1. The van der Waals surface area contributed by atoms with E-state index in [1.807, 2.05) is 38.1 Å². The summed E-state index contributed by atoms with van der Waals surface area (Å²) in [5.41, 5.74) is 1.93. The summed E-state index contributed by atoms with van der Waals surface area (Å²) in [7, 11) is 0. The van der Waals surface area contributed by atoms with Gasteiger partial charge in [0.05, 0.1) is 12.6 Å². The normalized spacial score (nSPS) is 17.0. The van der Waals surface area contributed by atoms with E-state index in [2.05, 4.69) is 22.4 Å². The molecule has 7 heteroatoms. The summed E-state index contributed by atoms with van der Waals surface area (Å²) in [5, 5.41) is 11.5. The third-order valence-electron chi connectivity index (χ3n) is 4.10. The van der Waals surface area contributed by atoms with E-state index in [0.717, 1.165) is 17.7 Å². The molecule has 1 aromatic heterocycles. The zero-order valence-electron chi connectivity index (χ0n) is 14.2. The second kappa shape index (κ2) is 7.00. The molecule has 2 aromatic rings. The van der Waals surface area contributed by atoms with Crippen LogP contribution in [0.25, 0.3) is 0 Å². The van der Waals surface area contributed by atoms with E-state index in [9.17, 15) is 4.79 Å². The molecule has 3 rings (SSSR count). The molecule has 7 nitrogen and oxygen atoms in total. The first kappa shape index (κ1) is 16.4. The molecule has 1 aromatic carbocycles. The number of carbonyl (C=O) groups excluding carboxylic acids is 1. The van der Waals surface area contributed by atoms with Gasteiger partial charge < -0.3 is 9.15 Å². The van der Waals surface area contributed by atoms with Crippen molar-refractivity contribution in [1.29, 1.82) is 0 Å². The van der Waals surface area contributed by atoms with Crippen molar-refractivity contribution in [3.05, 3.63) is 41.6 Å². The highest BCUT2D eigenvalue weighted by Crippen LogP contribution is 2.25. The van der Waals surface area contributed by atoms with Crippen molar-refractivity contribution >= 4 is 11.8 Å². The van der Waals surface area contributed by atoms with Gasteiger partial charge in [0.25, 0.3) is 0 Å². The highest BCUT2D eigenvalue weighted by atomic mass is 16.6. The van der Waals surface area contributed by atoms with Crippen LogP contribution in [-0.4, -0.2) is 29.4 Å². The first-order chi connectivity index (χ1) is 11.6. The van der Waals surface area contributed by atoms with Crippen LogP contribution >= 0.6 is 0 Å². The van der Waals surface area contributed by atoms with Gasteiger partial charge in [-0.2, -0.15) is 0 Å². The minimum atomic E-state index is -0.293. The van der Waals surface area contributed by atoms with Crippen molar-refractivity contribution in [3.63, 3.8) is 0 Å². The number of carbonyl (C=O) groups is 1. The molecule has 1 fully saturated rings. The number of ether oxygens (including phenoxy) is 1. The predicted molar refractivity (Wildman–Crippen MR) is 88.8 cm³/mol. The Morgan fingerprint density at radius 1 is 1.29 bits per heavy atom. The summed E-state index contributed by atoms with van der Waals surface area (Å²) in [6.45, 7) is 7.06. The van der Waals surface area contributed by atoms with Crippen molar-refractivity contribution in [3.8, 4) is 0 Å². The number of amides is 1. The van der Waals surface area contributed by atoms with E-state index in [-0.39, 0.29) is 18.2 Å². The van der Waals surface area contributed by atoms with E-state index in [0.29, 0.717) is 24.9 Å². The average molecular weight is 330 g/mol. The Morgan fingerprint density at radius 2 is 2.12 bits per heavy atom. The van der Waals surface area contributed by atoms with E-state index < -0.39 is 0 Å². The van der Waals surface area contributed by atoms with Gasteiger partial charge in [-0.25, -0.2) is 4.79 Å². The van der Waals surface area contributed by atoms with Crippen molar-refractivity contribution in [1.82, 2.24) is 15.5 Å². The molecule has 0 aliphatic carbocycles. The Morgan fingerprint density at radius 3 is 2.79 bits per heavy atom. The number of hydrogen-bond acceptors (Lipinski definition) is 6. The second-order valence-corrected chi connectivity index (χ2v) is 5.86. The van der Waals surface area contributed by atoms with E-state index >= 15 is 0 Å². The molecule has 1 aliphatic rings. The minimum absolute atomic E-state index is 0.0618. The van der Waals surface area contributed by atoms with Gasteiger partial charge in [0.1, 0.15) is 6.61 Å². The highest BCUT2D eigenvalue weighted by molar-refractivity contribution is 5.89. The van der Waals surface area contributed by atoms with Gasteiger partial charge in [0.15, 0.2) is 0 Å². The van der Waals surface area contributed by atoms with Crippen LogP contribution in [0.5, 0.6) is 0 Å². The zero-order valence-corrected chi connectivity index (χ0v) is 14.2. The molecular weight excluding hydrogens is 308 g/mol. The lowest BCUT2D eigenvalue weighted by molar-refractivity contribution is 0.181. The van der Waals surface area contributed by atoms with Gasteiger partial charge in [0.2, 0.25) is 11.8 Å². The first-order valence-electron chi connectivity index (χ1n) is 8.21. The van der Waals surface area contributed by atoms with E-state index in [1.165, 1.54) is 0 Å². The molecular formula is C17H22N4O3. The van der Waals surface area contributed by atoms with Crippen LogP contribution in [0.1, 0.15) is 50.2 Å². The van der Waals surface area contributed by atoms with Gasteiger partial charge in [-0.1, -0.05) is 19.1 Å². The van der Waals surface area contributed by atoms with Gasteiger partial charge >= 0.3 is 6.09 Å².